The largest absolute Gasteiger partial charge is 0.423 e. The summed E-state index contributed by atoms with van der Waals surface area (Å²) in [6.45, 7) is 0. The van der Waals surface area contributed by atoms with Gasteiger partial charge in [0.15, 0.2) is 0 Å². The van der Waals surface area contributed by atoms with Crippen LogP contribution < -0.4 is 10.1 Å². The summed E-state index contributed by atoms with van der Waals surface area (Å²) in [5.74, 6) is -0.0659. The lowest BCUT2D eigenvalue weighted by Crippen LogP contribution is -2.07. The second-order valence-electron chi connectivity index (χ2n) is 5.88. The fourth-order valence-electron chi connectivity index (χ4n) is 2.82. The first kappa shape index (κ1) is 15.8. The maximum absolute atomic E-state index is 12.2. The number of esters is 1. The van der Waals surface area contributed by atoms with Crippen LogP contribution in [0.15, 0.2) is 78.9 Å². The Morgan fingerprint density at radius 3 is 2.31 bits per heavy atom. The van der Waals surface area contributed by atoms with Crippen molar-refractivity contribution >= 4 is 29.2 Å². The average Bonchev–Trinajstić information content (AvgIpc) is 2.99. The molecule has 0 unspecified atom stereocenters. The minimum Gasteiger partial charge on any atom is -0.423 e. The summed E-state index contributed by atoms with van der Waals surface area (Å²) < 4.78 is 5.36. The highest BCUT2D eigenvalue weighted by Gasteiger charge is 2.23. The normalized spacial score (nSPS) is 14.0. The average molecular weight is 341 g/mol. The van der Waals surface area contributed by atoms with Crippen LogP contribution in [0.1, 0.15) is 21.5 Å². The van der Waals surface area contributed by atoms with Crippen molar-refractivity contribution in [2.75, 3.05) is 5.32 Å². The molecule has 0 saturated heterocycles. The SMILES string of the molecule is O=C1Nc2ccccc2/C1=C/c1ccc(OC(=O)c2ccccc2)cc1. The van der Waals surface area contributed by atoms with Gasteiger partial charge in [-0.25, -0.2) is 4.79 Å². The number of benzene rings is 3. The van der Waals surface area contributed by atoms with Crippen molar-refractivity contribution in [1.82, 2.24) is 0 Å². The number of hydrogen-bond acceptors (Lipinski definition) is 3. The molecule has 26 heavy (non-hydrogen) atoms. The lowest BCUT2D eigenvalue weighted by Gasteiger charge is -2.05. The molecule has 4 nitrogen and oxygen atoms in total. The van der Waals surface area contributed by atoms with Crippen molar-refractivity contribution in [3.63, 3.8) is 0 Å². The maximum atomic E-state index is 12.2. The predicted octanol–water partition coefficient (Wildman–Crippen LogP) is 4.40. The quantitative estimate of drug-likeness (QED) is 0.436. The molecule has 4 heteroatoms. The minimum absolute atomic E-state index is 0.120. The smallest absolute Gasteiger partial charge is 0.343 e. The number of anilines is 1. The highest BCUT2D eigenvalue weighted by molar-refractivity contribution is 6.34. The number of nitrogens with one attached hydrogen (secondary N) is 1. The molecule has 1 N–H and O–H groups in total. The van der Waals surface area contributed by atoms with E-state index in [1.165, 1.54) is 0 Å². The molecule has 4 rings (SSSR count). The third kappa shape index (κ3) is 3.13. The van der Waals surface area contributed by atoms with Crippen LogP contribution in [0.2, 0.25) is 0 Å². The van der Waals surface area contributed by atoms with Gasteiger partial charge in [-0.05, 0) is 42.0 Å². The lowest BCUT2D eigenvalue weighted by molar-refractivity contribution is -0.110. The van der Waals surface area contributed by atoms with Crippen LogP contribution in [0, 0.1) is 0 Å². The minimum atomic E-state index is -0.402. The van der Waals surface area contributed by atoms with Gasteiger partial charge in [0.25, 0.3) is 5.91 Å². The van der Waals surface area contributed by atoms with E-state index in [0.717, 1.165) is 16.8 Å². The standard InChI is InChI=1S/C22H15NO3/c24-21-19(18-8-4-5-9-20(18)23-21)14-15-10-12-17(13-11-15)26-22(25)16-6-2-1-3-7-16/h1-14H,(H,23,24)/b19-14-. The molecule has 3 aromatic carbocycles. The van der Waals surface area contributed by atoms with E-state index in [2.05, 4.69) is 5.32 Å². The predicted molar refractivity (Wildman–Crippen MR) is 101 cm³/mol. The van der Waals surface area contributed by atoms with Gasteiger partial charge < -0.3 is 10.1 Å². The van der Waals surface area contributed by atoms with E-state index < -0.39 is 5.97 Å². The molecule has 3 aromatic rings. The number of carbonyl (C=O) groups excluding carboxylic acids is 2. The van der Waals surface area contributed by atoms with E-state index in [-0.39, 0.29) is 5.91 Å². The summed E-state index contributed by atoms with van der Waals surface area (Å²) in [7, 11) is 0. The number of carbonyl (C=O) groups is 2. The van der Waals surface area contributed by atoms with Crippen LogP contribution in [-0.2, 0) is 4.79 Å². The Hall–Kier alpha value is -3.66. The Bertz CT molecular complexity index is 1010. The van der Waals surface area contributed by atoms with Gasteiger partial charge in [-0.15, -0.1) is 0 Å². The second-order valence-corrected chi connectivity index (χ2v) is 5.88. The number of fused-ring (bicyclic) bond motifs is 1. The van der Waals surface area contributed by atoms with Gasteiger partial charge in [0.2, 0.25) is 0 Å². The summed E-state index contributed by atoms with van der Waals surface area (Å²) in [5.41, 5.74) is 3.67. The summed E-state index contributed by atoms with van der Waals surface area (Å²) >= 11 is 0. The first-order valence-electron chi connectivity index (χ1n) is 8.20. The third-order valence-electron chi connectivity index (χ3n) is 4.12. The van der Waals surface area contributed by atoms with Gasteiger partial charge in [-0.2, -0.15) is 0 Å². The van der Waals surface area contributed by atoms with Crippen LogP contribution >= 0.6 is 0 Å². The van der Waals surface area contributed by atoms with Crippen molar-refractivity contribution in [1.29, 1.82) is 0 Å². The molecule has 0 saturated carbocycles. The van der Waals surface area contributed by atoms with Crippen LogP contribution in [0.4, 0.5) is 5.69 Å². The van der Waals surface area contributed by atoms with Gasteiger partial charge in [0.1, 0.15) is 5.75 Å². The number of rotatable bonds is 3. The molecule has 0 fully saturated rings. The van der Waals surface area contributed by atoms with E-state index in [0.29, 0.717) is 16.9 Å². The Morgan fingerprint density at radius 2 is 1.54 bits per heavy atom. The summed E-state index contributed by atoms with van der Waals surface area (Å²) in [4.78, 5) is 24.2. The van der Waals surface area contributed by atoms with Gasteiger partial charge in [0.05, 0.1) is 5.56 Å². The zero-order valence-corrected chi connectivity index (χ0v) is 13.8. The molecule has 0 aliphatic carbocycles. The van der Waals surface area contributed by atoms with E-state index in [4.69, 9.17) is 4.74 Å². The second kappa shape index (κ2) is 6.69. The Balaban J connectivity index is 1.54. The fraction of sp³-hybridized carbons (Fsp3) is 0. The maximum Gasteiger partial charge on any atom is 0.343 e. The van der Waals surface area contributed by atoms with E-state index in [1.54, 1.807) is 36.4 Å². The molecule has 1 aliphatic rings. The van der Waals surface area contributed by atoms with Gasteiger partial charge in [0, 0.05) is 16.8 Å². The van der Waals surface area contributed by atoms with Gasteiger partial charge >= 0.3 is 5.97 Å². The topological polar surface area (TPSA) is 55.4 Å². The molecule has 0 aromatic heterocycles. The first-order chi connectivity index (χ1) is 12.7. The van der Waals surface area contributed by atoms with E-state index in [1.807, 2.05) is 48.5 Å². The number of para-hydroxylation sites is 1. The first-order valence-corrected chi connectivity index (χ1v) is 8.20. The highest BCUT2D eigenvalue weighted by Crippen LogP contribution is 2.32. The summed E-state index contributed by atoms with van der Waals surface area (Å²) in [5, 5.41) is 2.85. The Morgan fingerprint density at radius 1 is 0.846 bits per heavy atom. The molecule has 126 valence electrons. The molecule has 0 spiro atoms. The lowest BCUT2D eigenvalue weighted by atomic mass is 10.0. The molecule has 1 aliphatic heterocycles. The number of amides is 1. The van der Waals surface area contributed by atoms with Crippen LogP contribution in [0.3, 0.4) is 0 Å². The van der Waals surface area contributed by atoms with Gasteiger partial charge in [-0.1, -0.05) is 48.5 Å². The van der Waals surface area contributed by atoms with E-state index >= 15 is 0 Å². The molecule has 1 amide bonds. The molecular formula is C22H15NO3. The van der Waals surface area contributed by atoms with Crippen LogP contribution in [0.25, 0.3) is 11.6 Å². The Kier molecular flexibility index (Phi) is 4.07. The van der Waals surface area contributed by atoms with Crippen molar-refractivity contribution in [3.8, 4) is 5.75 Å². The van der Waals surface area contributed by atoms with Crippen molar-refractivity contribution < 1.29 is 14.3 Å². The van der Waals surface area contributed by atoms with Crippen molar-refractivity contribution in [2.24, 2.45) is 0 Å². The monoisotopic (exact) mass is 341 g/mol. The van der Waals surface area contributed by atoms with Crippen LogP contribution in [-0.4, -0.2) is 11.9 Å². The number of ether oxygens (including phenoxy) is 1. The summed E-state index contributed by atoms with van der Waals surface area (Å²) in [6, 6.07) is 23.5. The molecule has 0 atom stereocenters. The molecule has 0 radical (unpaired) electrons. The molecule has 0 bridgehead atoms. The summed E-state index contributed by atoms with van der Waals surface area (Å²) in [6.07, 6.45) is 1.82. The van der Waals surface area contributed by atoms with Gasteiger partial charge in [-0.3, -0.25) is 4.79 Å². The Labute approximate surface area is 150 Å². The zero-order valence-electron chi connectivity index (χ0n) is 13.8. The van der Waals surface area contributed by atoms with E-state index in [9.17, 15) is 9.59 Å². The van der Waals surface area contributed by atoms with Crippen LogP contribution in [0.5, 0.6) is 5.75 Å². The zero-order chi connectivity index (χ0) is 17.9. The number of hydrogen-bond donors (Lipinski definition) is 1. The highest BCUT2D eigenvalue weighted by atomic mass is 16.5. The third-order valence-corrected chi connectivity index (χ3v) is 4.12. The molecule has 1 heterocycles. The van der Waals surface area contributed by atoms with Crippen molar-refractivity contribution in [2.45, 2.75) is 0 Å². The van der Waals surface area contributed by atoms with Crippen molar-refractivity contribution in [3.05, 3.63) is 95.6 Å². The fourth-order valence-corrected chi connectivity index (χ4v) is 2.82. The molecular weight excluding hydrogens is 326 g/mol.